The van der Waals surface area contributed by atoms with Crippen LogP contribution in [-0.4, -0.2) is 48.5 Å². The summed E-state index contributed by atoms with van der Waals surface area (Å²) in [6.07, 6.45) is 0.664. The average Bonchev–Trinajstić information content (AvgIpc) is 2.98. The van der Waals surface area contributed by atoms with Gasteiger partial charge in [0.2, 0.25) is 5.91 Å². The molecule has 0 bridgehead atoms. The van der Waals surface area contributed by atoms with Gasteiger partial charge in [-0.3, -0.25) is 9.59 Å². The van der Waals surface area contributed by atoms with Gasteiger partial charge in [-0.2, -0.15) is 0 Å². The van der Waals surface area contributed by atoms with Gasteiger partial charge in [0, 0.05) is 31.2 Å². The van der Waals surface area contributed by atoms with Gasteiger partial charge in [-0.05, 0) is 31.9 Å². The number of nitrogens with one attached hydrogen (secondary N) is 1. The number of anilines is 1. The lowest BCUT2D eigenvalue weighted by molar-refractivity contribution is -0.116. The maximum atomic E-state index is 12.8. The normalized spacial score (nSPS) is 10.5. The summed E-state index contributed by atoms with van der Waals surface area (Å²) in [6.45, 7) is 4.72. The molecule has 1 aromatic carbocycles. The molecule has 0 unspecified atom stereocenters. The minimum Gasteiger partial charge on any atom is -0.385 e. The number of thiazole rings is 1. The summed E-state index contributed by atoms with van der Waals surface area (Å²) < 4.78 is 5.06. The number of carbonyl (C=O) groups excluding carboxylic acids is 2. The molecule has 7 heteroatoms. The maximum absolute atomic E-state index is 12.8. The SMILES string of the molecule is COCCCN(CC(=O)Nc1nc(C)cs1)C(=O)c1ccccc1C. The fraction of sp³-hybridized carbons (Fsp3) is 0.389. The number of hydrogen-bond acceptors (Lipinski definition) is 5. The molecule has 2 amide bonds. The number of methoxy groups -OCH3 is 1. The Kier molecular flexibility index (Phi) is 7.09. The van der Waals surface area contributed by atoms with Crippen molar-refractivity contribution in [1.82, 2.24) is 9.88 Å². The van der Waals surface area contributed by atoms with E-state index in [1.54, 1.807) is 18.1 Å². The maximum Gasteiger partial charge on any atom is 0.254 e. The Morgan fingerprint density at radius 2 is 2.04 bits per heavy atom. The second kappa shape index (κ2) is 9.29. The van der Waals surface area contributed by atoms with Crippen molar-refractivity contribution in [2.45, 2.75) is 20.3 Å². The zero-order valence-corrected chi connectivity index (χ0v) is 15.6. The lowest BCUT2D eigenvalue weighted by Crippen LogP contribution is -2.39. The number of ether oxygens (including phenoxy) is 1. The van der Waals surface area contributed by atoms with Gasteiger partial charge in [0.05, 0.1) is 5.69 Å². The van der Waals surface area contributed by atoms with Crippen molar-refractivity contribution in [3.8, 4) is 0 Å². The Morgan fingerprint density at radius 1 is 1.28 bits per heavy atom. The second-order valence-corrected chi connectivity index (χ2v) is 6.59. The van der Waals surface area contributed by atoms with Gasteiger partial charge in [-0.25, -0.2) is 4.98 Å². The molecule has 0 atom stereocenters. The molecule has 2 rings (SSSR count). The van der Waals surface area contributed by atoms with Crippen LogP contribution in [0.1, 0.15) is 28.0 Å². The van der Waals surface area contributed by atoms with Crippen LogP contribution in [-0.2, 0) is 9.53 Å². The van der Waals surface area contributed by atoms with Crippen molar-refractivity contribution in [3.05, 3.63) is 46.5 Å². The third kappa shape index (κ3) is 5.65. The molecule has 25 heavy (non-hydrogen) atoms. The Balaban J connectivity index is 2.07. The molecule has 1 aromatic heterocycles. The Bertz CT molecular complexity index is 730. The van der Waals surface area contributed by atoms with Crippen LogP contribution >= 0.6 is 11.3 Å². The largest absolute Gasteiger partial charge is 0.385 e. The van der Waals surface area contributed by atoms with Crippen LogP contribution in [0.5, 0.6) is 0 Å². The van der Waals surface area contributed by atoms with Gasteiger partial charge >= 0.3 is 0 Å². The molecule has 0 spiro atoms. The highest BCUT2D eigenvalue weighted by Crippen LogP contribution is 2.15. The van der Waals surface area contributed by atoms with E-state index in [-0.39, 0.29) is 18.4 Å². The molecule has 134 valence electrons. The third-order valence-corrected chi connectivity index (χ3v) is 4.51. The van der Waals surface area contributed by atoms with Crippen LogP contribution in [0.15, 0.2) is 29.6 Å². The van der Waals surface area contributed by atoms with Crippen molar-refractivity contribution >= 4 is 28.3 Å². The van der Waals surface area contributed by atoms with Gasteiger partial charge in [0.25, 0.3) is 5.91 Å². The number of nitrogens with zero attached hydrogens (tertiary/aromatic N) is 2. The van der Waals surface area contributed by atoms with E-state index in [2.05, 4.69) is 10.3 Å². The first kappa shape index (κ1) is 19.1. The van der Waals surface area contributed by atoms with E-state index in [9.17, 15) is 9.59 Å². The molecular weight excluding hydrogens is 338 g/mol. The number of amides is 2. The standard InChI is InChI=1S/C18H23N3O3S/c1-13-7-4-5-8-15(13)17(23)21(9-6-10-24-3)11-16(22)20-18-19-14(2)12-25-18/h4-5,7-8,12H,6,9-11H2,1-3H3,(H,19,20,22). The molecule has 0 aliphatic rings. The van der Waals surface area contributed by atoms with Crippen LogP contribution in [0.2, 0.25) is 0 Å². The smallest absolute Gasteiger partial charge is 0.254 e. The number of aromatic nitrogens is 1. The number of rotatable bonds is 8. The lowest BCUT2D eigenvalue weighted by atomic mass is 10.1. The van der Waals surface area contributed by atoms with Gasteiger partial charge < -0.3 is 15.0 Å². The highest BCUT2D eigenvalue weighted by atomic mass is 32.1. The van der Waals surface area contributed by atoms with E-state index in [4.69, 9.17) is 4.74 Å². The number of carbonyl (C=O) groups is 2. The van der Waals surface area contributed by atoms with E-state index in [1.165, 1.54) is 11.3 Å². The summed E-state index contributed by atoms with van der Waals surface area (Å²) in [5.74, 6) is -0.409. The Hall–Kier alpha value is -2.25. The first-order chi connectivity index (χ1) is 12.0. The fourth-order valence-corrected chi connectivity index (χ4v) is 3.08. The van der Waals surface area contributed by atoms with E-state index in [0.29, 0.717) is 30.3 Å². The third-order valence-electron chi connectivity index (χ3n) is 3.64. The zero-order chi connectivity index (χ0) is 18.2. The van der Waals surface area contributed by atoms with E-state index < -0.39 is 0 Å². The van der Waals surface area contributed by atoms with Gasteiger partial charge in [0.15, 0.2) is 5.13 Å². The summed E-state index contributed by atoms with van der Waals surface area (Å²) in [6, 6.07) is 7.38. The predicted octanol–water partition coefficient (Wildman–Crippen LogP) is 2.88. The molecule has 0 radical (unpaired) electrons. The minimum absolute atomic E-state index is 0.0183. The van der Waals surface area contributed by atoms with Crippen molar-refractivity contribution in [3.63, 3.8) is 0 Å². The second-order valence-electron chi connectivity index (χ2n) is 5.73. The topological polar surface area (TPSA) is 71.5 Å². The molecule has 0 fully saturated rings. The minimum atomic E-state index is -0.256. The summed E-state index contributed by atoms with van der Waals surface area (Å²) in [4.78, 5) is 30.9. The summed E-state index contributed by atoms with van der Waals surface area (Å²) >= 11 is 1.37. The molecule has 0 aliphatic heterocycles. The lowest BCUT2D eigenvalue weighted by Gasteiger charge is -2.22. The fourth-order valence-electron chi connectivity index (χ4n) is 2.38. The van der Waals surface area contributed by atoms with Crippen LogP contribution in [0.25, 0.3) is 0 Å². The first-order valence-electron chi connectivity index (χ1n) is 8.07. The van der Waals surface area contributed by atoms with Gasteiger partial charge in [-0.1, -0.05) is 18.2 Å². The molecule has 0 aliphatic carbocycles. The van der Waals surface area contributed by atoms with Gasteiger partial charge in [-0.15, -0.1) is 11.3 Å². The first-order valence-corrected chi connectivity index (χ1v) is 8.95. The Labute approximate surface area is 151 Å². The Morgan fingerprint density at radius 3 is 2.68 bits per heavy atom. The van der Waals surface area contributed by atoms with Crippen molar-refractivity contribution in [1.29, 1.82) is 0 Å². The summed E-state index contributed by atoms with van der Waals surface area (Å²) in [7, 11) is 1.62. The van der Waals surface area contributed by atoms with Crippen LogP contribution in [0, 0.1) is 13.8 Å². The highest BCUT2D eigenvalue weighted by molar-refractivity contribution is 7.13. The molecule has 0 saturated carbocycles. The monoisotopic (exact) mass is 361 g/mol. The molecular formula is C18H23N3O3S. The molecule has 2 aromatic rings. The van der Waals surface area contributed by atoms with Gasteiger partial charge in [0.1, 0.15) is 6.54 Å². The van der Waals surface area contributed by atoms with Crippen LogP contribution in [0.4, 0.5) is 5.13 Å². The van der Waals surface area contributed by atoms with E-state index in [1.807, 2.05) is 37.4 Å². The quantitative estimate of drug-likeness (QED) is 0.734. The predicted molar refractivity (Wildman–Crippen MR) is 99.1 cm³/mol. The average molecular weight is 361 g/mol. The van der Waals surface area contributed by atoms with Crippen LogP contribution in [0.3, 0.4) is 0 Å². The zero-order valence-electron chi connectivity index (χ0n) is 14.7. The number of hydrogen-bond donors (Lipinski definition) is 1. The summed E-state index contributed by atoms with van der Waals surface area (Å²) in [5.41, 5.74) is 2.35. The van der Waals surface area contributed by atoms with Crippen LogP contribution < -0.4 is 5.32 Å². The van der Waals surface area contributed by atoms with Crippen molar-refractivity contribution in [2.24, 2.45) is 0 Å². The number of benzene rings is 1. The van der Waals surface area contributed by atoms with E-state index in [0.717, 1.165) is 11.3 Å². The van der Waals surface area contributed by atoms with E-state index >= 15 is 0 Å². The molecule has 1 heterocycles. The molecule has 0 saturated heterocycles. The number of aryl methyl sites for hydroxylation is 2. The van der Waals surface area contributed by atoms with Crippen molar-refractivity contribution in [2.75, 3.05) is 32.1 Å². The summed E-state index contributed by atoms with van der Waals surface area (Å²) in [5, 5.41) is 5.16. The van der Waals surface area contributed by atoms with Crippen molar-refractivity contribution < 1.29 is 14.3 Å². The highest BCUT2D eigenvalue weighted by Gasteiger charge is 2.20. The molecule has 6 nitrogen and oxygen atoms in total. The molecule has 1 N–H and O–H groups in total.